The van der Waals surface area contributed by atoms with Crippen LogP contribution in [0.2, 0.25) is 0 Å². The summed E-state index contributed by atoms with van der Waals surface area (Å²) in [7, 11) is -4.98. The zero-order chi connectivity index (χ0) is 18.7. The molecule has 0 aromatic carbocycles. The standard InChI is InChI=1S/C8H22O4Si2.C6H16O3Si/c1-5-9-13-14(10-6-2,11-7-3)12-8-4;1-4-7-10(8-5-2)9-6-3/h5-8,13H2,1-4H3;10H,4-6H2,1-3H3. The van der Waals surface area contributed by atoms with Gasteiger partial charge in [0.2, 0.25) is 0 Å². The Kier molecular flexibility index (Phi) is 21.8. The molecule has 0 amide bonds. The summed E-state index contributed by atoms with van der Waals surface area (Å²) in [6.07, 6.45) is 0. The first-order valence-corrected chi connectivity index (χ1v) is 15.0. The van der Waals surface area contributed by atoms with Gasteiger partial charge in [0, 0.05) is 46.2 Å². The Hall–Kier alpha value is 0.371. The minimum absolute atomic E-state index is 0.631. The summed E-state index contributed by atoms with van der Waals surface area (Å²) >= 11 is 0. The second kappa shape index (κ2) is 19.7. The molecule has 0 heterocycles. The van der Waals surface area contributed by atoms with E-state index in [1.54, 1.807) is 0 Å². The Bertz CT molecular complexity index is 219. The average Bonchev–Trinajstić information content (AvgIpc) is 2.55. The zero-order valence-electron chi connectivity index (χ0n) is 16.6. The SMILES string of the molecule is CCO[SiH2][Si](OCC)(OCC)OCC.CCO[SiH](OCC)OCC. The van der Waals surface area contributed by atoms with E-state index in [1.807, 2.05) is 48.5 Å². The third kappa shape index (κ3) is 14.7. The maximum atomic E-state index is 5.64. The van der Waals surface area contributed by atoms with E-state index in [4.69, 9.17) is 31.0 Å². The highest BCUT2D eigenvalue weighted by atomic mass is 29.2. The lowest BCUT2D eigenvalue weighted by Gasteiger charge is -2.27. The summed E-state index contributed by atoms with van der Waals surface area (Å²) in [5.41, 5.74) is 0. The van der Waals surface area contributed by atoms with Gasteiger partial charge in [-0.1, -0.05) is 0 Å². The molecule has 0 bridgehead atoms. The quantitative estimate of drug-likeness (QED) is 0.384. The molecule has 0 fully saturated rings. The maximum absolute atomic E-state index is 5.64. The van der Waals surface area contributed by atoms with E-state index in [1.165, 1.54) is 0 Å². The highest BCUT2D eigenvalue weighted by Gasteiger charge is 2.41. The van der Waals surface area contributed by atoms with Crippen LogP contribution >= 0.6 is 0 Å². The van der Waals surface area contributed by atoms with Crippen molar-refractivity contribution in [1.82, 2.24) is 0 Å². The highest BCUT2D eigenvalue weighted by molar-refractivity contribution is 7.12. The van der Waals surface area contributed by atoms with Gasteiger partial charge in [-0.15, -0.1) is 0 Å². The fourth-order valence-electron chi connectivity index (χ4n) is 1.69. The van der Waals surface area contributed by atoms with Crippen molar-refractivity contribution in [2.45, 2.75) is 48.5 Å². The number of hydrogen-bond donors (Lipinski definition) is 0. The Balaban J connectivity index is 0. The molecule has 0 aliphatic carbocycles. The molecule has 0 N–H and O–H groups in total. The molecular weight excluding hydrogens is 364 g/mol. The Morgan fingerprint density at radius 2 is 0.958 bits per heavy atom. The monoisotopic (exact) mass is 402 g/mol. The molecule has 0 aliphatic heterocycles. The van der Waals surface area contributed by atoms with Crippen molar-refractivity contribution >= 4 is 27.1 Å². The van der Waals surface area contributed by atoms with Crippen LogP contribution < -0.4 is 0 Å². The first-order valence-electron chi connectivity index (χ1n) is 8.93. The summed E-state index contributed by atoms with van der Waals surface area (Å²) in [5, 5.41) is 0. The van der Waals surface area contributed by atoms with Crippen LogP contribution in [0.3, 0.4) is 0 Å². The predicted octanol–water partition coefficient (Wildman–Crippen LogP) is 1.46. The minimum atomic E-state index is -2.40. The van der Waals surface area contributed by atoms with Gasteiger partial charge in [0.25, 0.3) is 9.28 Å². The lowest BCUT2D eigenvalue weighted by molar-refractivity contribution is 0.0877. The van der Waals surface area contributed by atoms with Crippen LogP contribution in [-0.2, 0) is 31.0 Å². The summed E-state index contributed by atoms with van der Waals surface area (Å²) in [4.78, 5) is 0. The van der Waals surface area contributed by atoms with E-state index in [0.717, 1.165) is 0 Å². The smallest absolute Gasteiger partial charge is 0.418 e. The zero-order valence-corrected chi connectivity index (χ0v) is 20.2. The van der Waals surface area contributed by atoms with E-state index in [0.29, 0.717) is 46.2 Å². The van der Waals surface area contributed by atoms with Gasteiger partial charge >= 0.3 is 17.8 Å². The first kappa shape index (κ1) is 26.6. The van der Waals surface area contributed by atoms with Crippen LogP contribution in [0, 0.1) is 0 Å². The van der Waals surface area contributed by atoms with Crippen molar-refractivity contribution in [2.75, 3.05) is 46.2 Å². The summed E-state index contributed by atoms with van der Waals surface area (Å²) in [6, 6.07) is 0. The predicted molar refractivity (Wildman–Crippen MR) is 103 cm³/mol. The number of rotatable bonds is 15. The fourth-order valence-corrected chi connectivity index (χ4v) is 9.02. The van der Waals surface area contributed by atoms with Crippen LogP contribution in [-0.4, -0.2) is 73.4 Å². The molecule has 0 aromatic rings. The van der Waals surface area contributed by atoms with Crippen molar-refractivity contribution in [2.24, 2.45) is 0 Å². The minimum Gasteiger partial charge on any atom is -0.418 e. The van der Waals surface area contributed by atoms with Crippen molar-refractivity contribution < 1.29 is 31.0 Å². The van der Waals surface area contributed by atoms with Crippen LogP contribution in [0.5, 0.6) is 0 Å². The fraction of sp³-hybridized carbons (Fsp3) is 1.00. The van der Waals surface area contributed by atoms with Gasteiger partial charge in [-0.05, 0) is 48.5 Å². The largest absolute Gasteiger partial charge is 0.495 e. The van der Waals surface area contributed by atoms with E-state index in [2.05, 4.69) is 0 Å². The van der Waals surface area contributed by atoms with E-state index in [9.17, 15) is 0 Å². The molecule has 0 atom stereocenters. The lowest BCUT2D eigenvalue weighted by Crippen LogP contribution is -2.53. The molecule has 0 aromatic heterocycles. The Labute approximate surface area is 153 Å². The van der Waals surface area contributed by atoms with Crippen LogP contribution in [0.15, 0.2) is 0 Å². The molecule has 24 heavy (non-hydrogen) atoms. The molecule has 10 heteroatoms. The molecule has 0 saturated heterocycles. The molecule has 0 rings (SSSR count). The molecular formula is C14H38O7Si3. The topological polar surface area (TPSA) is 64.6 Å². The third-order valence-electron chi connectivity index (χ3n) is 2.48. The van der Waals surface area contributed by atoms with Gasteiger partial charge in [0.05, 0.1) is 0 Å². The van der Waals surface area contributed by atoms with Gasteiger partial charge in [-0.25, -0.2) is 0 Å². The highest BCUT2D eigenvalue weighted by Crippen LogP contribution is 2.08. The normalized spacial score (nSPS) is 12.0. The molecule has 0 radical (unpaired) electrons. The van der Waals surface area contributed by atoms with Gasteiger partial charge < -0.3 is 31.0 Å². The maximum Gasteiger partial charge on any atom is 0.495 e. The molecule has 0 aliphatic rings. The van der Waals surface area contributed by atoms with E-state index in [-0.39, 0.29) is 0 Å². The third-order valence-corrected chi connectivity index (χ3v) is 11.0. The number of hydrogen-bond acceptors (Lipinski definition) is 7. The molecule has 148 valence electrons. The summed E-state index contributed by atoms with van der Waals surface area (Å²) in [5.74, 6) is 0. The van der Waals surface area contributed by atoms with Crippen molar-refractivity contribution in [3.05, 3.63) is 0 Å². The molecule has 0 unspecified atom stereocenters. The van der Waals surface area contributed by atoms with E-state index >= 15 is 0 Å². The first-order chi connectivity index (χ1) is 11.6. The van der Waals surface area contributed by atoms with Crippen LogP contribution in [0.25, 0.3) is 0 Å². The van der Waals surface area contributed by atoms with Crippen LogP contribution in [0.4, 0.5) is 0 Å². The molecule has 0 spiro atoms. The van der Waals surface area contributed by atoms with Gasteiger partial charge in [-0.3, -0.25) is 0 Å². The second-order valence-electron chi connectivity index (χ2n) is 4.27. The average molecular weight is 403 g/mol. The summed E-state index contributed by atoms with van der Waals surface area (Å²) < 4.78 is 38.1. The van der Waals surface area contributed by atoms with Crippen molar-refractivity contribution in [3.63, 3.8) is 0 Å². The van der Waals surface area contributed by atoms with E-state index < -0.39 is 27.1 Å². The summed E-state index contributed by atoms with van der Waals surface area (Å²) in [6.45, 7) is 18.3. The lowest BCUT2D eigenvalue weighted by atomic mass is 10.9. The van der Waals surface area contributed by atoms with Crippen molar-refractivity contribution in [1.29, 1.82) is 0 Å². The molecule has 0 saturated carbocycles. The van der Waals surface area contributed by atoms with Crippen LogP contribution in [0.1, 0.15) is 48.5 Å². The second-order valence-corrected chi connectivity index (χ2v) is 12.2. The Morgan fingerprint density at radius 3 is 1.21 bits per heavy atom. The van der Waals surface area contributed by atoms with Gasteiger partial charge in [0.15, 0.2) is 0 Å². The van der Waals surface area contributed by atoms with Gasteiger partial charge in [0.1, 0.15) is 0 Å². The molecule has 7 nitrogen and oxygen atoms in total. The van der Waals surface area contributed by atoms with Gasteiger partial charge in [-0.2, -0.15) is 0 Å². The van der Waals surface area contributed by atoms with Crippen molar-refractivity contribution in [3.8, 4) is 0 Å². The Morgan fingerprint density at radius 1 is 0.583 bits per heavy atom.